The highest BCUT2D eigenvalue weighted by Gasteiger charge is 2.19. The van der Waals surface area contributed by atoms with Crippen LogP contribution < -0.4 is 10.6 Å². The average Bonchev–Trinajstić information content (AvgIpc) is 2.40. The van der Waals surface area contributed by atoms with Crippen LogP contribution in [-0.4, -0.2) is 29.7 Å². The second kappa shape index (κ2) is 7.84. The van der Waals surface area contributed by atoms with E-state index in [9.17, 15) is 9.59 Å². The van der Waals surface area contributed by atoms with Crippen molar-refractivity contribution in [2.75, 3.05) is 6.54 Å². The molecule has 4 nitrogen and oxygen atoms in total. The summed E-state index contributed by atoms with van der Waals surface area (Å²) in [5, 5.41) is 4.86. The molecule has 2 atom stereocenters. The lowest BCUT2D eigenvalue weighted by Gasteiger charge is -2.16. The van der Waals surface area contributed by atoms with Crippen LogP contribution in [0.5, 0.6) is 0 Å². The quantitative estimate of drug-likeness (QED) is 0.685. The van der Waals surface area contributed by atoms with Gasteiger partial charge in [-0.05, 0) is 25.8 Å². The summed E-state index contributed by atoms with van der Waals surface area (Å²) in [6.07, 6.45) is 0.540. The maximum atomic E-state index is 11.9. The molecular formula is C14H20N2O2S. The number of amides is 2. The SMILES string of the molecule is CCNC(=O)C(C)NC(=O)C(S)Cc1ccccc1. The minimum Gasteiger partial charge on any atom is -0.355 e. The molecule has 0 radical (unpaired) electrons. The van der Waals surface area contributed by atoms with Gasteiger partial charge in [0, 0.05) is 6.54 Å². The minimum atomic E-state index is -0.544. The highest BCUT2D eigenvalue weighted by atomic mass is 32.1. The van der Waals surface area contributed by atoms with E-state index in [1.807, 2.05) is 37.3 Å². The number of thiol groups is 1. The van der Waals surface area contributed by atoms with Gasteiger partial charge in [0.1, 0.15) is 6.04 Å². The molecule has 0 aliphatic heterocycles. The molecule has 0 fully saturated rings. The molecule has 1 aromatic carbocycles. The van der Waals surface area contributed by atoms with Crippen molar-refractivity contribution in [2.24, 2.45) is 0 Å². The highest BCUT2D eigenvalue weighted by molar-refractivity contribution is 7.81. The Hall–Kier alpha value is -1.49. The van der Waals surface area contributed by atoms with Gasteiger partial charge in [-0.2, -0.15) is 12.6 Å². The summed E-state index contributed by atoms with van der Waals surface area (Å²) >= 11 is 4.29. The molecule has 0 bridgehead atoms. The van der Waals surface area contributed by atoms with Gasteiger partial charge in [-0.25, -0.2) is 0 Å². The van der Waals surface area contributed by atoms with Gasteiger partial charge in [0.25, 0.3) is 0 Å². The fourth-order valence-electron chi connectivity index (χ4n) is 1.63. The van der Waals surface area contributed by atoms with Crippen molar-refractivity contribution < 1.29 is 9.59 Å². The monoisotopic (exact) mass is 280 g/mol. The second-order valence-corrected chi connectivity index (χ2v) is 4.95. The molecular weight excluding hydrogens is 260 g/mol. The number of likely N-dealkylation sites (N-methyl/N-ethyl adjacent to an activating group) is 1. The first kappa shape index (κ1) is 15.6. The van der Waals surface area contributed by atoms with Crippen molar-refractivity contribution in [3.8, 4) is 0 Å². The molecule has 2 N–H and O–H groups in total. The van der Waals surface area contributed by atoms with Crippen LogP contribution in [0.2, 0.25) is 0 Å². The van der Waals surface area contributed by atoms with E-state index in [0.717, 1.165) is 5.56 Å². The first-order valence-corrected chi connectivity index (χ1v) is 6.86. The summed E-state index contributed by atoms with van der Waals surface area (Å²) < 4.78 is 0. The molecule has 0 saturated heterocycles. The molecule has 1 aromatic rings. The molecule has 0 saturated carbocycles. The highest BCUT2D eigenvalue weighted by Crippen LogP contribution is 2.08. The van der Waals surface area contributed by atoms with Crippen LogP contribution in [0.1, 0.15) is 19.4 Å². The van der Waals surface area contributed by atoms with Gasteiger partial charge in [-0.15, -0.1) is 0 Å². The van der Waals surface area contributed by atoms with Crippen molar-refractivity contribution >= 4 is 24.4 Å². The van der Waals surface area contributed by atoms with E-state index in [1.54, 1.807) is 6.92 Å². The molecule has 19 heavy (non-hydrogen) atoms. The number of rotatable bonds is 6. The third kappa shape index (κ3) is 5.34. The van der Waals surface area contributed by atoms with E-state index in [4.69, 9.17) is 0 Å². The van der Waals surface area contributed by atoms with Crippen molar-refractivity contribution in [1.29, 1.82) is 0 Å². The standard InChI is InChI=1S/C14H20N2O2S/c1-3-15-13(17)10(2)16-14(18)12(19)9-11-7-5-4-6-8-11/h4-8,10,12,19H,3,9H2,1-2H3,(H,15,17)(H,16,18). The normalized spacial score (nSPS) is 13.4. The van der Waals surface area contributed by atoms with Crippen LogP contribution in [0.3, 0.4) is 0 Å². The number of carbonyl (C=O) groups excluding carboxylic acids is 2. The number of carbonyl (C=O) groups is 2. The lowest BCUT2D eigenvalue weighted by atomic mass is 10.1. The summed E-state index contributed by atoms with van der Waals surface area (Å²) in [5.74, 6) is -0.415. The Morgan fingerprint density at radius 3 is 2.42 bits per heavy atom. The van der Waals surface area contributed by atoms with E-state index in [0.29, 0.717) is 13.0 Å². The molecule has 0 aromatic heterocycles. The third-order valence-electron chi connectivity index (χ3n) is 2.68. The fraction of sp³-hybridized carbons (Fsp3) is 0.429. The molecule has 2 amide bonds. The van der Waals surface area contributed by atoms with E-state index in [-0.39, 0.29) is 11.8 Å². The number of benzene rings is 1. The van der Waals surface area contributed by atoms with Crippen LogP contribution in [0.15, 0.2) is 30.3 Å². The molecule has 104 valence electrons. The van der Waals surface area contributed by atoms with Crippen LogP contribution in [0.4, 0.5) is 0 Å². The van der Waals surface area contributed by atoms with Gasteiger partial charge in [-0.1, -0.05) is 30.3 Å². The molecule has 2 unspecified atom stereocenters. The molecule has 0 heterocycles. The Labute approximate surface area is 119 Å². The largest absolute Gasteiger partial charge is 0.355 e. The average molecular weight is 280 g/mol. The number of nitrogens with one attached hydrogen (secondary N) is 2. The van der Waals surface area contributed by atoms with Crippen LogP contribution in [-0.2, 0) is 16.0 Å². The summed E-state index contributed by atoms with van der Waals surface area (Å²) in [7, 11) is 0. The smallest absolute Gasteiger partial charge is 0.242 e. The zero-order valence-corrected chi connectivity index (χ0v) is 12.1. The van der Waals surface area contributed by atoms with E-state index in [1.165, 1.54) is 0 Å². The zero-order chi connectivity index (χ0) is 14.3. The van der Waals surface area contributed by atoms with Gasteiger partial charge < -0.3 is 10.6 Å². The molecule has 0 spiro atoms. The summed E-state index contributed by atoms with van der Waals surface area (Å²) in [4.78, 5) is 23.4. The topological polar surface area (TPSA) is 58.2 Å². The van der Waals surface area contributed by atoms with Crippen molar-refractivity contribution in [3.05, 3.63) is 35.9 Å². The predicted molar refractivity (Wildman–Crippen MR) is 79.2 cm³/mol. The Morgan fingerprint density at radius 2 is 1.84 bits per heavy atom. The summed E-state index contributed by atoms with van der Waals surface area (Å²) in [6, 6.07) is 9.12. The lowest BCUT2D eigenvalue weighted by molar-refractivity contribution is -0.128. The Kier molecular flexibility index (Phi) is 6.42. The van der Waals surface area contributed by atoms with Gasteiger partial charge in [0.15, 0.2) is 0 Å². The Morgan fingerprint density at radius 1 is 1.21 bits per heavy atom. The zero-order valence-electron chi connectivity index (χ0n) is 11.2. The maximum Gasteiger partial charge on any atom is 0.242 e. The first-order valence-electron chi connectivity index (χ1n) is 6.34. The van der Waals surface area contributed by atoms with Gasteiger partial charge in [0.05, 0.1) is 5.25 Å². The predicted octanol–water partition coefficient (Wildman–Crippen LogP) is 1.17. The summed E-state index contributed by atoms with van der Waals surface area (Å²) in [5.41, 5.74) is 1.04. The fourth-order valence-corrected chi connectivity index (χ4v) is 1.92. The van der Waals surface area contributed by atoms with Crippen molar-refractivity contribution in [3.63, 3.8) is 0 Å². The van der Waals surface area contributed by atoms with Crippen LogP contribution in [0.25, 0.3) is 0 Å². The van der Waals surface area contributed by atoms with Gasteiger partial charge in [-0.3, -0.25) is 9.59 Å². The minimum absolute atomic E-state index is 0.184. The number of hydrogen-bond acceptors (Lipinski definition) is 3. The lowest BCUT2D eigenvalue weighted by Crippen LogP contribution is -2.47. The van der Waals surface area contributed by atoms with E-state index in [2.05, 4.69) is 23.3 Å². The summed E-state index contributed by atoms with van der Waals surface area (Å²) in [6.45, 7) is 4.04. The van der Waals surface area contributed by atoms with Crippen LogP contribution in [0, 0.1) is 0 Å². The van der Waals surface area contributed by atoms with Crippen LogP contribution >= 0.6 is 12.6 Å². The number of hydrogen-bond donors (Lipinski definition) is 3. The van der Waals surface area contributed by atoms with Gasteiger partial charge in [0.2, 0.25) is 11.8 Å². The maximum absolute atomic E-state index is 11.9. The van der Waals surface area contributed by atoms with E-state index < -0.39 is 11.3 Å². The second-order valence-electron chi connectivity index (χ2n) is 4.33. The Balaban J connectivity index is 2.47. The first-order chi connectivity index (χ1) is 9.04. The van der Waals surface area contributed by atoms with E-state index >= 15 is 0 Å². The van der Waals surface area contributed by atoms with Crippen molar-refractivity contribution in [1.82, 2.24) is 10.6 Å². The Bertz CT molecular complexity index is 423. The molecule has 5 heteroatoms. The van der Waals surface area contributed by atoms with Crippen molar-refractivity contribution in [2.45, 2.75) is 31.6 Å². The molecule has 1 rings (SSSR count). The third-order valence-corrected chi connectivity index (χ3v) is 3.09. The van der Waals surface area contributed by atoms with Gasteiger partial charge >= 0.3 is 0 Å². The molecule has 0 aliphatic carbocycles. The molecule has 0 aliphatic rings.